The number of amides is 1. The van der Waals surface area contributed by atoms with E-state index in [4.69, 9.17) is 4.74 Å². The number of carbonyl (C=O) groups excluding carboxylic acids is 1. The Balaban J connectivity index is 1.99. The van der Waals surface area contributed by atoms with Crippen LogP contribution in [-0.2, 0) is 4.74 Å². The quantitative estimate of drug-likeness (QED) is 0.782. The van der Waals surface area contributed by atoms with E-state index in [0.717, 1.165) is 10.2 Å². The van der Waals surface area contributed by atoms with Crippen molar-refractivity contribution in [2.24, 2.45) is 0 Å². The van der Waals surface area contributed by atoms with Gasteiger partial charge in [-0.2, -0.15) is 0 Å². The molecule has 1 heterocycles. The number of anilines is 2. The van der Waals surface area contributed by atoms with Crippen molar-refractivity contribution in [3.8, 4) is 0 Å². The molecule has 0 atom stereocenters. The summed E-state index contributed by atoms with van der Waals surface area (Å²) < 4.78 is 5.78. The highest BCUT2D eigenvalue weighted by Crippen LogP contribution is 2.23. The molecule has 0 spiro atoms. The van der Waals surface area contributed by atoms with Gasteiger partial charge in [-0.1, -0.05) is 12.1 Å². The third-order valence-electron chi connectivity index (χ3n) is 2.63. The summed E-state index contributed by atoms with van der Waals surface area (Å²) in [6.07, 6.45) is 2.96. The Morgan fingerprint density at radius 3 is 2.67 bits per heavy atom. The second-order valence-electron chi connectivity index (χ2n) is 4.15. The Morgan fingerprint density at radius 2 is 2.00 bits per heavy atom. The van der Waals surface area contributed by atoms with Gasteiger partial charge in [0.1, 0.15) is 0 Å². The maximum Gasteiger partial charge on any atom is 0.254 e. The fourth-order valence-corrected chi connectivity index (χ4v) is 1.95. The number of aromatic nitrogens is 2. The SMILES string of the molecule is COCCNC(=O)c1cnc(Nc2ccccc2Br)nc1. The molecule has 7 heteroatoms. The second-order valence-corrected chi connectivity index (χ2v) is 5.00. The third kappa shape index (κ3) is 4.51. The van der Waals surface area contributed by atoms with Gasteiger partial charge in [0.05, 0.1) is 17.9 Å². The zero-order valence-corrected chi connectivity index (χ0v) is 13.1. The molecular formula is C14H15BrN4O2. The third-order valence-corrected chi connectivity index (χ3v) is 3.32. The maximum atomic E-state index is 11.8. The van der Waals surface area contributed by atoms with Crippen LogP contribution >= 0.6 is 15.9 Å². The lowest BCUT2D eigenvalue weighted by molar-refractivity contribution is 0.0936. The lowest BCUT2D eigenvalue weighted by atomic mass is 10.3. The first-order valence-corrected chi connectivity index (χ1v) is 7.10. The topological polar surface area (TPSA) is 76.1 Å². The Kier molecular flexibility index (Phi) is 5.65. The van der Waals surface area contributed by atoms with Gasteiger partial charge in [0.15, 0.2) is 0 Å². The van der Waals surface area contributed by atoms with Crippen molar-refractivity contribution in [3.05, 3.63) is 46.7 Å². The number of ether oxygens (including phenoxy) is 1. The van der Waals surface area contributed by atoms with Gasteiger partial charge in [-0.25, -0.2) is 9.97 Å². The predicted molar refractivity (Wildman–Crippen MR) is 83.7 cm³/mol. The first kappa shape index (κ1) is 15.4. The molecule has 6 nitrogen and oxygen atoms in total. The maximum absolute atomic E-state index is 11.8. The molecule has 0 aliphatic rings. The zero-order valence-electron chi connectivity index (χ0n) is 11.5. The molecular weight excluding hydrogens is 336 g/mol. The average Bonchev–Trinajstić information content (AvgIpc) is 2.50. The molecule has 2 N–H and O–H groups in total. The van der Waals surface area contributed by atoms with Crippen LogP contribution in [0.1, 0.15) is 10.4 Å². The van der Waals surface area contributed by atoms with E-state index < -0.39 is 0 Å². The lowest BCUT2D eigenvalue weighted by Gasteiger charge is -2.07. The monoisotopic (exact) mass is 350 g/mol. The molecule has 0 aliphatic carbocycles. The summed E-state index contributed by atoms with van der Waals surface area (Å²) in [7, 11) is 1.58. The van der Waals surface area contributed by atoms with Gasteiger partial charge in [-0.3, -0.25) is 4.79 Å². The van der Waals surface area contributed by atoms with E-state index in [2.05, 4.69) is 36.5 Å². The summed E-state index contributed by atoms with van der Waals surface area (Å²) >= 11 is 3.43. The molecule has 21 heavy (non-hydrogen) atoms. The summed E-state index contributed by atoms with van der Waals surface area (Å²) in [4.78, 5) is 20.0. The van der Waals surface area contributed by atoms with Crippen molar-refractivity contribution in [1.82, 2.24) is 15.3 Å². The summed E-state index contributed by atoms with van der Waals surface area (Å²) in [6.45, 7) is 0.917. The van der Waals surface area contributed by atoms with E-state index in [9.17, 15) is 4.79 Å². The van der Waals surface area contributed by atoms with Crippen molar-refractivity contribution >= 4 is 33.5 Å². The van der Waals surface area contributed by atoms with Crippen LogP contribution < -0.4 is 10.6 Å². The molecule has 2 rings (SSSR count). The van der Waals surface area contributed by atoms with E-state index in [1.807, 2.05) is 24.3 Å². The van der Waals surface area contributed by atoms with Crippen LogP contribution in [0, 0.1) is 0 Å². The van der Waals surface area contributed by atoms with Crippen molar-refractivity contribution in [1.29, 1.82) is 0 Å². The minimum absolute atomic E-state index is 0.223. The molecule has 2 aromatic rings. The number of hydrogen-bond donors (Lipinski definition) is 2. The van der Waals surface area contributed by atoms with Crippen molar-refractivity contribution in [2.45, 2.75) is 0 Å². The number of nitrogens with zero attached hydrogens (tertiary/aromatic N) is 2. The fraction of sp³-hybridized carbons (Fsp3) is 0.214. The lowest BCUT2D eigenvalue weighted by Crippen LogP contribution is -2.27. The minimum Gasteiger partial charge on any atom is -0.383 e. The van der Waals surface area contributed by atoms with Crippen LogP contribution in [-0.4, -0.2) is 36.1 Å². The Morgan fingerprint density at radius 1 is 1.29 bits per heavy atom. The van der Waals surface area contributed by atoms with Gasteiger partial charge < -0.3 is 15.4 Å². The highest BCUT2D eigenvalue weighted by Gasteiger charge is 2.07. The second kappa shape index (κ2) is 7.70. The highest BCUT2D eigenvalue weighted by atomic mass is 79.9. The Hall–Kier alpha value is -1.99. The molecule has 0 fully saturated rings. The summed E-state index contributed by atoms with van der Waals surface area (Å²) in [6, 6.07) is 7.65. The number of para-hydroxylation sites is 1. The number of carbonyl (C=O) groups is 1. The molecule has 0 saturated heterocycles. The first-order valence-electron chi connectivity index (χ1n) is 6.31. The van der Waals surface area contributed by atoms with Crippen LogP contribution in [0.2, 0.25) is 0 Å². The average molecular weight is 351 g/mol. The number of hydrogen-bond acceptors (Lipinski definition) is 5. The summed E-state index contributed by atoms with van der Waals surface area (Å²) in [5.74, 6) is 0.204. The smallest absolute Gasteiger partial charge is 0.254 e. The Bertz CT molecular complexity index is 604. The highest BCUT2D eigenvalue weighted by molar-refractivity contribution is 9.10. The molecule has 1 aromatic heterocycles. The molecule has 0 saturated carbocycles. The van der Waals surface area contributed by atoms with Crippen LogP contribution in [0.5, 0.6) is 0 Å². The zero-order chi connectivity index (χ0) is 15.1. The number of rotatable bonds is 6. The normalized spacial score (nSPS) is 10.2. The minimum atomic E-state index is -0.223. The molecule has 0 bridgehead atoms. The van der Waals surface area contributed by atoms with Gasteiger partial charge in [0.25, 0.3) is 5.91 Å². The number of benzene rings is 1. The molecule has 0 aliphatic heterocycles. The molecule has 1 amide bonds. The van der Waals surface area contributed by atoms with E-state index in [0.29, 0.717) is 24.7 Å². The summed E-state index contributed by atoms with van der Waals surface area (Å²) in [5.41, 5.74) is 1.26. The molecule has 0 unspecified atom stereocenters. The van der Waals surface area contributed by atoms with Crippen molar-refractivity contribution < 1.29 is 9.53 Å². The number of nitrogens with one attached hydrogen (secondary N) is 2. The fourth-order valence-electron chi connectivity index (χ4n) is 1.56. The van der Waals surface area contributed by atoms with Gasteiger partial charge in [-0.05, 0) is 28.1 Å². The Labute approximate surface area is 131 Å². The van der Waals surface area contributed by atoms with Crippen molar-refractivity contribution in [2.75, 3.05) is 25.6 Å². The predicted octanol–water partition coefficient (Wildman–Crippen LogP) is 2.36. The van der Waals surface area contributed by atoms with E-state index in [1.54, 1.807) is 7.11 Å². The van der Waals surface area contributed by atoms with Gasteiger partial charge >= 0.3 is 0 Å². The van der Waals surface area contributed by atoms with Crippen LogP contribution in [0.3, 0.4) is 0 Å². The van der Waals surface area contributed by atoms with E-state index in [-0.39, 0.29) is 5.91 Å². The van der Waals surface area contributed by atoms with Crippen LogP contribution in [0.15, 0.2) is 41.1 Å². The van der Waals surface area contributed by atoms with Crippen LogP contribution in [0.4, 0.5) is 11.6 Å². The summed E-state index contributed by atoms with van der Waals surface area (Å²) in [5, 5.41) is 5.78. The number of halogens is 1. The molecule has 1 aromatic carbocycles. The molecule has 110 valence electrons. The van der Waals surface area contributed by atoms with Gasteiger partial charge in [0.2, 0.25) is 5.95 Å². The number of methoxy groups -OCH3 is 1. The van der Waals surface area contributed by atoms with Gasteiger partial charge in [-0.15, -0.1) is 0 Å². The first-order chi connectivity index (χ1) is 10.2. The van der Waals surface area contributed by atoms with Crippen molar-refractivity contribution in [3.63, 3.8) is 0 Å². The van der Waals surface area contributed by atoms with Gasteiger partial charge in [0, 0.05) is 30.5 Å². The van der Waals surface area contributed by atoms with E-state index in [1.165, 1.54) is 12.4 Å². The standard InChI is InChI=1S/C14H15BrN4O2/c1-21-7-6-16-13(20)10-8-17-14(18-9-10)19-12-5-3-2-4-11(12)15/h2-5,8-9H,6-7H2,1H3,(H,16,20)(H,17,18,19). The van der Waals surface area contributed by atoms with Crippen LogP contribution in [0.25, 0.3) is 0 Å². The van der Waals surface area contributed by atoms with E-state index >= 15 is 0 Å². The largest absolute Gasteiger partial charge is 0.383 e. The molecule has 0 radical (unpaired) electrons.